The molecule has 1 aliphatic heterocycles. The Morgan fingerprint density at radius 1 is 1.47 bits per heavy atom. The maximum atomic E-state index is 12.2. The number of methoxy groups -OCH3 is 1. The third-order valence-electron chi connectivity index (χ3n) is 3.04. The Balaban J connectivity index is 2.74. The second kappa shape index (κ2) is 6.31. The van der Waals surface area contributed by atoms with E-state index in [0.29, 0.717) is 12.8 Å². The fraction of sp³-hybridized carbons (Fsp3) is 0.800. The van der Waals surface area contributed by atoms with Crippen LogP contribution in [0.4, 0.5) is 0 Å². The van der Waals surface area contributed by atoms with Gasteiger partial charge in [0.05, 0.1) is 13.5 Å². The molecule has 9 heteroatoms. The number of ether oxygens (including phenoxy) is 1. The predicted molar refractivity (Wildman–Crippen MR) is 65.5 cm³/mol. The summed E-state index contributed by atoms with van der Waals surface area (Å²) in [6.45, 7) is 0.139. The molecule has 0 aromatic carbocycles. The fourth-order valence-electron chi connectivity index (χ4n) is 1.91. The largest absolute Gasteiger partial charge is 0.480 e. The van der Waals surface area contributed by atoms with E-state index in [-0.39, 0.29) is 19.5 Å². The second-order valence-electron chi connectivity index (χ2n) is 4.26. The van der Waals surface area contributed by atoms with Crippen molar-refractivity contribution in [2.24, 2.45) is 0 Å². The molecule has 0 bridgehead atoms. The highest BCUT2D eigenvalue weighted by Crippen LogP contribution is 2.22. The van der Waals surface area contributed by atoms with Crippen LogP contribution >= 0.6 is 0 Å². The van der Waals surface area contributed by atoms with Gasteiger partial charge in [0.1, 0.15) is 6.04 Å². The van der Waals surface area contributed by atoms with E-state index < -0.39 is 28.2 Å². The Morgan fingerprint density at radius 2 is 2.11 bits per heavy atom. The summed E-state index contributed by atoms with van der Waals surface area (Å²) in [7, 11) is -1.32. The zero-order chi connectivity index (χ0) is 14.6. The van der Waals surface area contributed by atoms with Crippen molar-refractivity contribution in [3.05, 3.63) is 0 Å². The standard InChI is InChI=1S/C10H18N2O6S/c1-11(7-5-9(13)18-2)19(16,17)12-6-3-4-8(12)10(14)15/h8H,3-7H2,1-2H3,(H,14,15). The summed E-state index contributed by atoms with van der Waals surface area (Å²) in [6.07, 6.45) is 0.748. The number of carbonyl (C=O) groups is 2. The van der Waals surface area contributed by atoms with Gasteiger partial charge in [-0.1, -0.05) is 0 Å². The maximum Gasteiger partial charge on any atom is 0.322 e. The minimum Gasteiger partial charge on any atom is -0.480 e. The molecule has 8 nitrogen and oxygen atoms in total. The van der Waals surface area contributed by atoms with E-state index >= 15 is 0 Å². The van der Waals surface area contributed by atoms with E-state index in [1.807, 2.05) is 0 Å². The first-order valence-corrected chi connectivity index (χ1v) is 7.23. The lowest BCUT2D eigenvalue weighted by Gasteiger charge is -2.26. The second-order valence-corrected chi connectivity index (χ2v) is 6.25. The van der Waals surface area contributed by atoms with Crippen LogP contribution in [0.15, 0.2) is 0 Å². The van der Waals surface area contributed by atoms with E-state index in [1.165, 1.54) is 14.2 Å². The third kappa shape index (κ3) is 3.64. The Morgan fingerprint density at radius 3 is 2.63 bits per heavy atom. The van der Waals surface area contributed by atoms with Crippen LogP contribution in [0, 0.1) is 0 Å². The van der Waals surface area contributed by atoms with Gasteiger partial charge in [0.25, 0.3) is 10.2 Å². The van der Waals surface area contributed by atoms with Crippen LogP contribution in [0.1, 0.15) is 19.3 Å². The van der Waals surface area contributed by atoms with Gasteiger partial charge in [-0.2, -0.15) is 17.0 Å². The van der Waals surface area contributed by atoms with Crippen molar-refractivity contribution in [3.63, 3.8) is 0 Å². The van der Waals surface area contributed by atoms with Crippen molar-refractivity contribution in [2.45, 2.75) is 25.3 Å². The molecule has 1 heterocycles. The number of nitrogens with zero attached hydrogens (tertiary/aromatic N) is 2. The first-order chi connectivity index (χ1) is 8.80. The molecule has 0 radical (unpaired) electrons. The Hall–Kier alpha value is -1.19. The summed E-state index contributed by atoms with van der Waals surface area (Å²) in [5.74, 6) is -1.67. The number of rotatable bonds is 6. The predicted octanol–water partition coefficient (Wildman–Crippen LogP) is -0.725. The van der Waals surface area contributed by atoms with E-state index in [1.54, 1.807) is 0 Å². The number of esters is 1. The van der Waals surface area contributed by atoms with Gasteiger partial charge in [-0.3, -0.25) is 9.59 Å². The first-order valence-electron chi connectivity index (χ1n) is 5.83. The van der Waals surface area contributed by atoms with E-state index in [4.69, 9.17) is 5.11 Å². The molecule has 1 aliphatic rings. The molecule has 1 fully saturated rings. The number of aliphatic carboxylic acids is 1. The molecular formula is C10H18N2O6S. The molecule has 19 heavy (non-hydrogen) atoms. The topological polar surface area (TPSA) is 104 Å². The molecule has 0 aromatic heterocycles. The Kier molecular flexibility index (Phi) is 5.27. The van der Waals surface area contributed by atoms with Gasteiger partial charge >= 0.3 is 11.9 Å². The Bertz CT molecular complexity index is 449. The highest BCUT2D eigenvalue weighted by molar-refractivity contribution is 7.86. The molecule has 0 aliphatic carbocycles. The molecule has 0 amide bonds. The maximum absolute atomic E-state index is 12.2. The summed E-state index contributed by atoms with van der Waals surface area (Å²) >= 11 is 0. The van der Waals surface area contributed by atoms with Crippen molar-refractivity contribution >= 4 is 22.1 Å². The third-order valence-corrected chi connectivity index (χ3v) is 5.04. The van der Waals surface area contributed by atoms with E-state index in [2.05, 4.69) is 4.74 Å². The lowest BCUT2D eigenvalue weighted by atomic mass is 10.2. The number of carbonyl (C=O) groups excluding carboxylic acids is 1. The number of carboxylic acids is 1. The van der Waals surface area contributed by atoms with Gasteiger partial charge in [-0.25, -0.2) is 0 Å². The zero-order valence-corrected chi connectivity index (χ0v) is 11.7. The molecule has 1 rings (SSSR count). The Labute approximate surface area is 112 Å². The summed E-state index contributed by atoms with van der Waals surface area (Å²) in [4.78, 5) is 22.0. The molecule has 110 valence electrons. The smallest absolute Gasteiger partial charge is 0.322 e. The summed E-state index contributed by atoms with van der Waals surface area (Å²) in [5.41, 5.74) is 0. The van der Waals surface area contributed by atoms with Crippen LogP contribution in [-0.4, -0.2) is 67.4 Å². The number of hydrogen-bond donors (Lipinski definition) is 1. The van der Waals surface area contributed by atoms with Gasteiger partial charge in [0, 0.05) is 20.1 Å². The molecule has 1 saturated heterocycles. The van der Waals surface area contributed by atoms with Crippen LogP contribution < -0.4 is 0 Å². The van der Waals surface area contributed by atoms with E-state index in [9.17, 15) is 18.0 Å². The van der Waals surface area contributed by atoms with Gasteiger partial charge < -0.3 is 9.84 Å². The van der Waals surface area contributed by atoms with Crippen molar-refractivity contribution in [1.29, 1.82) is 0 Å². The van der Waals surface area contributed by atoms with Crippen molar-refractivity contribution in [1.82, 2.24) is 8.61 Å². The van der Waals surface area contributed by atoms with Crippen molar-refractivity contribution < 1.29 is 27.9 Å². The van der Waals surface area contributed by atoms with Gasteiger partial charge in [-0.05, 0) is 12.8 Å². The average molecular weight is 294 g/mol. The van der Waals surface area contributed by atoms with Gasteiger partial charge in [-0.15, -0.1) is 0 Å². The first kappa shape index (κ1) is 15.9. The highest BCUT2D eigenvalue weighted by atomic mass is 32.2. The summed E-state index contributed by atoms with van der Waals surface area (Å²) in [5, 5.41) is 8.99. The fourth-order valence-corrected chi connectivity index (χ4v) is 3.47. The minimum atomic E-state index is -3.86. The lowest BCUT2D eigenvalue weighted by molar-refractivity contribution is -0.141. The van der Waals surface area contributed by atoms with Crippen molar-refractivity contribution in [2.75, 3.05) is 27.2 Å². The normalized spacial score (nSPS) is 20.7. The summed E-state index contributed by atoms with van der Waals surface area (Å²) in [6, 6.07) is -1.02. The average Bonchev–Trinajstić information content (AvgIpc) is 2.85. The van der Waals surface area contributed by atoms with Crippen LogP contribution in [0.2, 0.25) is 0 Å². The van der Waals surface area contributed by atoms with Crippen LogP contribution in [0.5, 0.6) is 0 Å². The van der Waals surface area contributed by atoms with Crippen LogP contribution in [0.3, 0.4) is 0 Å². The molecule has 1 N–H and O–H groups in total. The molecule has 0 saturated carbocycles. The summed E-state index contributed by atoms with van der Waals surface area (Å²) < 4.78 is 30.7. The van der Waals surface area contributed by atoms with E-state index in [0.717, 1.165) is 8.61 Å². The lowest BCUT2D eigenvalue weighted by Crippen LogP contribution is -2.47. The van der Waals surface area contributed by atoms with Gasteiger partial charge in [0.2, 0.25) is 0 Å². The molecule has 1 unspecified atom stereocenters. The number of hydrogen-bond acceptors (Lipinski definition) is 5. The highest BCUT2D eigenvalue weighted by Gasteiger charge is 2.40. The minimum absolute atomic E-state index is 0.0438. The van der Waals surface area contributed by atoms with Crippen LogP contribution in [0.25, 0.3) is 0 Å². The SMILES string of the molecule is COC(=O)CCN(C)S(=O)(=O)N1CCCC1C(=O)O. The molecule has 1 atom stereocenters. The monoisotopic (exact) mass is 294 g/mol. The van der Waals surface area contributed by atoms with Gasteiger partial charge in [0.15, 0.2) is 0 Å². The van der Waals surface area contributed by atoms with Crippen LogP contribution in [-0.2, 0) is 24.5 Å². The number of carboxylic acid groups (broad SMARTS) is 1. The molecular weight excluding hydrogens is 276 g/mol. The molecule has 0 spiro atoms. The molecule has 0 aromatic rings. The zero-order valence-electron chi connectivity index (χ0n) is 10.9. The van der Waals surface area contributed by atoms with Crippen molar-refractivity contribution in [3.8, 4) is 0 Å². The quantitative estimate of drug-likeness (QED) is 0.648.